The van der Waals surface area contributed by atoms with E-state index in [0.29, 0.717) is 5.56 Å². The minimum atomic E-state index is -3.24. The first-order chi connectivity index (χ1) is 8.21. The number of rotatable bonds is 4. The van der Waals surface area contributed by atoms with Gasteiger partial charge in [-0.3, -0.25) is 9.59 Å². The highest BCUT2D eigenvalue weighted by Gasteiger charge is 2.10. The molecule has 0 N–H and O–H groups in total. The summed E-state index contributed by atoms with van der Waals surface area (Å²) in [7, 11) is -3.24. The van der Waals surface area contributed by atoms with Gasteiger partial charge in [0, 0.05) is 6.26 Å². The molecule has 0 heterocycles. The number of carbonyl (C=O) groups excluding carboxylic acids is 2. The second kappa shape index (κ2) is 5.27. The number of hydrogen-bond acceptors (Lipinski definition) is 4. The highest BCUT2D eigenvalue weighted by molar-refractivity contribution is 7.90. The molecule has 0 saturated carbocycles. The van der Waals surface area contributed by atoms with Crippen LogP contribution in [0.5, 0.6) is 0 Å². The Kier molecular flexibility index (Phi) is 4.19. The fourth-order valence-corrected chi connectivity index (χ4v) is 2.06. The van der Waals surface area contributed by atoms with E-state index in [2.05, 4.69) is 0 Å². The number of benzene rings is 1. The SMILES string of the molecule is CC(=O)C(=Cc1ccc(S(C)(=O)=O)cc1)C(C)=O. The lowest BCUT2D eigenvalue weighted by atomic mass is 10.0. The summed E-state index contributed by atoms with van der Waals surface area (Å²) in [5, 5.41) is 0. The van der Waals surface area contributed by atoms with Gasteiger partial charge in [0.1, 0.15) is 0 Å². The van der Waals surface area contributed by atoms with E-state index in [-0.39, 0.29) is 22.0 Å². The summed E-state index contributed by atoms with van der Waals surface area (Å²) in [4.78, 5) is 22.7. The largest absolute Gasteiger partial charge is 0.294 e. The Morgan fingerprint density at radius 1 is 1.00 bits per heavy atom. The molecular formula is C13H14O4S. The Labute approximate surface area is 106 Å². The molecule has 0 saturated heterocycles. The maximum atomic E-state index is 11.3. The number of hydrogen-bond donors (Lipinski definition) is 0. The van der Waals surface area contributed by atoms with Crippen LogP contribution in [0, 0.1) is 0 Å². The predicted octanol–water partition coefficient (Wildman–Crippen LogP) is 1.65. The van der Waals surface area contributed by atoms with Crippen molar-refractivity contribution in [2.24, 2.45) is 0 Å². The first-order valence-electron chi connectivity index (χ1n) is 5.25. The van der Waals surface area contributed by atoms with Crippen LogP contribution in [0.4, 0.5) is 0 Å². The van der Waals surface area contributed by atoms with Crippen LogP contribution in [0.25, 0.3) is 6.08 Å². The van der Waals surface area contributed by atoms with Crippen molar-refractivity contribution in [2.75, 3.05) is 6.26 Å². The predicted molar refractivity (Wildman–Crippen MR) is 68.9 cm³/mol. The van der Waals surface area contributed by atoms with Crippen LogP contribution in [0.1, 0.15) is 19.4 Å². The molecule has 1 aromatic rings. The Balaban J connectivity index is 3.17. The Morgan fingerprint density at radius 2 is 1.44 bits per heavy atom. The topological polar surface area (TPSA) is 68.3 Å². The Hall–Kier alpha value is -1.75. The van der Waals surface area contributed by atoms with Crippen LogP contribution in [0.2, 0.25) is 0 Å². The molecule has 0 aliphatic rings. The maximum Gasteiger partial charge on any atom is 0.175 e. The molecule has 0 radical (unpaired) electrons. The summed E-state index contributed by atoms with van der Waals surface area (Å²) in [6.07, 6.45) is 2.57. The number of ketones is 2. The lowest BCUT2D eigenvalue weighted by Gasteiger charge is -2.01. The Bertz CT molecular complexity index is 591. The van der Waals surface area contributed by atoms with Gasteiger partial charge in [0.05, 0.1) is 10.5 Å². The van der Waals surface area contributed by atoms with Crippen LogP contribution < -0.4 is 0 Å². The van der Waals surface area contributed by atoms with Crippen molar-refractivity contribution < 1.29 is 18.0 Å². The van der Waals surface area contributed by atoms with Crippen LogP contribution in [0.15, 0.2) is 34.7 Å². The molecule has 4 nitrogen and oxygen atoms in total. The van der Waals surface area contributed by atoms with Crippen molar-refractivity contribution in [3.8, 4) is 0 Å². The van der Waals surface area contributed by atoms with Gasteiger partial charge in [0.15, 0.2) is 21.4 Å². The molecule has 0 aliphatic heterocycles. The first-order valence-corrected chi connectivity index (χ1v) is 7.14. The summed E-state index contributed by atoms with van der Waals surface area (Å²) in [5.41, 5.74) is 0.713. The van der Waals surface area contributed by atoms with E-state index in [9.17, 15) is 18.0 Å². The quantitative estimate of drug-likeness (QED) is 0.472. The highest BCUT2D eigenvalue weighted by atomic mass is 32.2. The van der Waals surface area contributed by atoms with Gasteiger partial charge in [-0.1, -0.05) is 12.1 Å². The molecule has 0 fully saturated rings. The zero-order chi connectivity index (χ0) is 13.9. The summed E-state index contributed by atoms with van der Waals surface area (Å²) in [6.45, 7) is 2.64. The molecular weight excluding hydrogens is 252 g/mol. The average Bonchev–Trinajstić information content (AvgIpc) is 2.24. The second-order valence-electron chi connectivity index (χ2n) is 4.01. The molecule has 1 rings (SSSR count). The van der Waals surface area contributed by atoms with Gasteiger partial charge >= 0.3 is 0 Å². The molecule has 0 bridgehead atoms. The van der Waals surface area contributed by atoms with Crippen molar-refractivity contribution in [2.45, 2.75) is 18.7 Å². The highest BCUT2D eigenvalue weighted by Crippen LogP contribution is 2.13. The van der Waals surface area contributed by atoms with Crippen LogP contribution in [-0.4, -0.2) is 26.2 Å². The molecule has 0 amide bonds. The minimum Gasteiger partial charge on any atom is -0.294 e. The van der Waals surface area contributed by atoms with Gasteiger partial charge < -0.3 is 0 Å². The fraction of sp³-hybridized carbons (Fsp3) is 0.231. The molecule has 0 spiro atoms. The molecule has 1 aromatic carbocycles. The number of allylic oxidation sites excluding steroid dienone is 1. The summed E-state index contributed by atoms with van der Waals surface area (Å²) < 4.78 is 22.5. The van der Waals surface area contributed by atoms with E-state index in [1.54, 1.807) is 12.1 Å². The van der Waals surface area contributed by atoms with Crippen molar-refractivity contribution in [3.63, 3.8) is 0 Å². The third-order valence-electron chi connectivity index (χ3n) is 2.38. The monoisotopic (exact) mass is 266 g/mol. The number of carbonyl (C=O) groups is 2. The van der Waals surface area contributed by atoms with Gasteiger partial charge in [0.2, 0.25) is 0 Å². The lowest BCUT2D eigenvalue weighted by Crippen LogP contribution is -2.05. The molecule has 96 valence electrons. The minimum absolute atomic E-state index is 0.0992. The zero-order valence-electron chi connectivity index (χ0n) is 10.4. The van der Waals surface area contributed by atoms with Crippen LogP contribution in [0.3, 0.4) is 0 Å². The summed E-state index contributed by atoms with van der Waals surface area (Å²) in [6, 6.07) is 6.00. The molecule has 18 heavy (non-hydrogen) atoms. The summed E-state index contributed by atoms with van der Waals surface area (Å²) in [5.74, 6) is -0.621. The van der Waals surface area contributed by atoms with Crippen molar-refractivity contribution in [3.05, 3.63) is 35.4 Å². The van der Waals surface area contributed by atoms with E-state index in [1.165, 1.54) is 32.1 Å². The third kappa shape index (κ3) is 3.63. The van der Waals surface area contributed by atoms with E-state index in [0.717, 1.165) is 6.26 Å². The lowest BCUT2D eigenvalue weighted by molar-refractivity contribution is -0.119. The van der Waals surface area contributed by atoms with Gasteiger partial charge in [-0.15, -0.1) is 0 Å². The zero-order valence-corrected chi connectivity index (χ0v) is 11.2. The second-order valence-corrected chi connectivity index (χ2v) is 6.03. The normalized spacial score (nSPS) is 10.8. The maximum absolute atomic E-state index is 11.3. The smallest absolute Gasteiger partial charge is 0.175 e. The van der Waals surface area contributed by atoms with Gasteiger partial charge in [0.25, 0.3) is 0 Å². The molecule has 0 aromatic heterocycles. The van der Waals surface area contributed by atoms with E-state index < -0.39 is 9.84 Å². The van der Waals surface area contributed by atoms with Crippen LogP contribution in [-0.2, 0) is 19.4 Å². The van der Waals surface area contributed by atoms with Crippen molar-refractivity contribution in [1.82, 2.24) is 0 Å². The molecule has 0 atom stereocenters. The van der Waals surface area contributed by atoms with Crippen LogP contribution >= 0.6 is 0 Å². The fourth-order valence-electron chi connectivity index (χ4n) is 1.43. The van der Waals surface area contributed by atoms with Crippen molar-refractivity contribution in [1.29, 1.82) is 0 Å². The number of Topliss-reactive ketones (excluding diaryl/α,β-unsaturated/α-hetero) is 2. The first kappa shape index (κ1) is 14.3. The van der Waals surface area contributed by atoms with Gasteiger partial charge in [-0.2, -0.15) is 0 Å². The third-order valence-corrected chi connectivity index (χ3v) is 3.51. The average molecular weight is 266 g/mol. The van der Waals surface area contributed by atoms with Gasteiger partial charge in [-0.05, 0) is 37.6 Å². The van der Waals surface area contributed by atoms with E-state index >= 15 is 0 Å². The van der Waals surface area contributed by atoms with Gasteiger partial charge in [-0.25, -0.2) is 8.42 Å². The van der Waals surface area contributed by atoms with E-state index in [1.807, 2.05) is 0 Å². The molecule has 0 aliphatic carbocycles. The molecule has 0 unspecified atom stereocenters. The number of sulfone groups is 1. The standard InChI is InChI=1S/C13H14O4S/c1-9(14)13(10(2)15)8-11-4-6-12(7-5-11)18(3,16)17/h4-8H,1-3H3. The van der Waals surface area contributed by atoms with E-state index in [4.69, 9.17) is 0 Å². The Morgan fingerprint density at radius 3 is 1.78 bits per heavy atom. The summed E-state index contributed by atoms with van der Waals surface area (Å²) >= 11 is 0. The molecule has 5 heteroatoms. The van der Waals surface area contributed by atoms with Crippen molar-refractivity contribution >= 4 is 27.5 Å².